The molecule has 0 bridgehead atoms. The molecular weight excluding hydrogens is 322 g/mol. The van der Waals surface area contributed by atoms with Crippen molar-refractivity contribution in [3.63, 3.8) is 0 Å². The van der Waals surface area contributed by atoms with Gasteiger partial charge in [-0.15, -0.1) is 0 Å². The molecule has 5 nitrogen and oxygen atoms in total. The monoisotopic (exact) mass is 337 g/mol. The van der Waals surface area contributed by atoms with Gasteiger partial charge in [0.15, 0.2) is 0 Å². The van der Waals surface area contributed by atoms with Gasteiger partial charge in [-0.1, -0.05) is 36.1 Å². The number of thioether (sulfide) groups is 1. The molecule has 116 valence electrons. The maximum Gasteiger partial charge on any atom is 0.337 e. The van der Waals surface area contributed by atoms with Crippen LogP contribution in [0.3, 0.4) is 0 Å². The second kappa shape index (κ2) is 7.53. The second-order valence-corrected chi connectivity index (χ2v) is 6.12. The summed E-state index contributed by atoms with van der Waals surface area (Å²) in [6.07, 6.45) is 1.76. The zero-order valence-corrected chi connectivity index (χ0v) is 13.8. The Morgan fingerprint density at radius 1 is 1.32 bits per heavy atom. The van der Waals surface area contributed by atoms with Gasteiger partial charge in [0, 0.05) is 7.11 Å². The van der Waals surface area contributed by atoms with Crippen LogP contribution in [0, 0.1) is 0 Å². The first kappa shape index (κ1) is 16.7. The number of rotatable bonds is 5. The molecule has 2 rings (SSSR count). The molecule has 7 heteroatoms. The Kier molecular flexibility index (Phi) is 5.70. The number of nitrogens with zero attached hydrogens (tertiary/aromatic N) is 1. The van der Waals surface area contributed by atoms with Gasteiger partial charge in [0.2, 0.25) is 0 Å². The summed E-state index contributed by atoms with van der Waals surface area (Å²) in [5.74, 6) is -0.512. The SMILES string of the molecule is COCCN1C(=O)C(=Cc2ccc(C(=O)OC)cc2)SC1=S. The average molecular weight is 337 g/mol. The molecule has 1 aliphatic rings. The van der Waals surface area contributed by atoms with Crippen molar-refractivity contribution in [1.29, 1.82) is 0 Å². The lowest BCUT2D eigenvalue weighted by Crippen LogP contribution is -2.31. The molecule has 1 aliphatic heterocycles. The van der Waals surface area contributed by atoms with Gasteiger partial charge in [-0.3, -0.25) is 9.69 Å². The van der Waals surface area contributed by atoms with Crippen molar-refractivity contribution >= 4 is 46.3 Å². The van der Waals surface area contributed by atoms with E-state index in [1.807, 2.05) is 0 Å². The summed E-state index contributed by atoms with van der Waals surface area (Å²) >= 11 is 6.47. The fourth-order valence-corrected chi connectivity index (χ4v) is 3.17. The molecule has 1 heterocycles. The van der Waals surface area contributed by atoms with Crippen molar-refractivity contribution in [1.82, 2.24) is 4.90 Å². The van der Waals surface area contributed by atoms with Gasteiger partial charge in [-0.25, -0.2) is 4.79 Å². The van der Waals surface area contributed by atoms with E-state index in [1.54, 1.807) is 37.5 Å². The van der Waals surface area contributed by atoms with E-state index >= 15 is 0 Å². The van der Waals surface area contributed by atoms with Crippen molar-refractivity contribution in [3.8, 4) is 0 Å². The number of hydrogen-bond donors (Lipinski definition) is 0. The Morgan fingerprint density at radius 3 is 2.59 bits per heavy atom. The van der Waals surface area contributed by atoms with Gasteiger partial charge in [0.1, 0.15) is 4.32 Å². The van der Waals surface area contributed by atoms with Crippen molar-refractivity contribution in [2.24, 2.45) is 0 Å². The summed E-state index contributed by atoms with van der Waals surface area (Å²) in [5.41, 5.74) is 1.28. The molecular formula is C15H15NO4S2. The van der Waals surface area contributed by atoms with Crippen LogP contribution in [0.4, 0.5) is 0 Å². The summed E-state index contributed by atoms with van der Waals surface area (Å²) in [7, 11) is 2.91. The zero-order chi connectivity index (χ0) is 16.1. The molecule has 1 aromatic rings. The Morgan fingerprint density at radius 2 is 2.00 bits per heavy atom. The molecule has 1 fully saturated rings. The van der Waals surface area contributed by atoms with E-state index in [2.05, 4.69) is 4.74 Å². The fraction of sp³-hybridized carbons (Fsp3) is 0.267. The van der Waals surface area contributed by atoms with E-state index in [1.165, 1.54) is 23.8 Å². The third-order valence-corrected chi connectivity index (χ3v) is 4.40. The summed E-state index contributed by atoms with van der Waals surface area (Å²) < 4.78 is 10.1. The maximum atomic E-state index is 12.3. The third kappa shape index (κ3) is 3.73. The van der Waals surface area contributed by atoms with E-state index in [0.29, 0.717) is 27.9 Å². The first-order valence-electron chi connectivity index (χ1n) is 6.49. The van der Waals surface area contributed by atoms with Crippen LogP contribution in [0.1, 0.15) is 15.9 Å². The van der Waals surface area contributed by atoms with E-state index in [0.717, 1.165) is 5.56 Å². The molecule has 0 aliphatic carbocycles. The van der Waals surface area contributed by atoms with Gasteiger partial charge in [0.05, 0.1) is 30.7 Å². The maximum absolute atomic E-state index is 12.3. The highest BCUT2D eigenvalue weighted by Crippen LogP contribution is 2.32. The molecule has 0 spiro atoms. The lowest BCUT2D eigenvalue weighted by atomic mass is 10.1. The Bertz CT molecular complexity index is 625. The van der Waals surface area contributed by atoms with Gasteiger partial charge < -0.3 is 9.47 Å². The van der Waals surface area contributed by atoms with Gasteiger partial charge in [0.25, 0.3) is 5.91 Å². The molecule has 0 N–H and O–H groups in total. The highest BCUT2D eigenvalue weighted by atomic mass is 32.2. The van der Waals surface area contributed by atoms with E-state index in [-0.39, 0.29) is 5.91 Å². The lowest BCUT2D eigenvalue weighted by Gasteiger charge is -2.12. The summed E-state index contributed by atoms with van der Waals surface area (Å²) in [4.78, 5) is 25.7. The van der Waals surface area contributed by atoms with Crippen LogP contribution >= 0.6 is 24.0 Å². The van der Waals surface area contributed by atoms with Gasteiger partial charge in [-0.2, -0.15) is 0 Å². The van der Waals surface area contributed by atoms with Crippen LogP contribution in [-0.2, 0) is 14.3 Å². The van der Waals surface area contributed by atoms with Crippen LogP contribution in [0.5, 0.6) is 0 Å². The molecule has 1 amide bonds. The fourth-order valence-electron chi connectivity index (χ4n) is 1.86. The first-order valence-corrected chi connectivity index (χ1v) is 7.72. The second-order valence-electron chi connectivity index (χ2n) is 4.44. The van der Waals surface area contributed by atoms with Crippen LogP contribution in [0.2, 0.25) is 0 Å². The number of esters is 1. The number of ether oxygens (including phenoxy) is 2. The molecule has 1 saturated heterocycles. The molecule has 1 aromatic carbocycles. The molecule has 0 aromatic heterocycles. The smallest absolute Gasteiger partial charge is 0.337 e. The number of hydrogen-bond acceptors (Lipinski definition) is 6. The minimum Gasteiger partial charge on any atom is -0.465 e. The predicted octanol–water partition coefficient (Wildman–Crippen LogP) is 2.32. The number of methoxy groups -OCH3 is 2. The minimum absolute atomic E-state index is 0.121. The molecule has 22 heavy (non-hydrogen) atoms. The summed E-state index contributed by atoms with van der Waals surface area (Å²) in [6, 6.07) is 6.83. The normalized spacial score (nSPS) is 16.5. The van der Waals surface area contributed by atoms with E-state index in [4.69, 9.17) is 17.0 Å². The molecule has 0 saturated carbocycles. The van der Waals surface area contributed by atoms with E-state index in [9.17, 15) is 9.59 Å². The summed E-state index contributed by atoms with van der Waals surface area (Å²) in [6.45, 7) is 0.882. The first-order chi connectivity index (χ1) is 10.6. The topological polar surface area (TPSA) is 55.8 Å². The number of benzene rings is 1. The zero-order valence-electron chi connectivity index (χ0n) is 12.2. The predicted molar refractivity (Wildman–Crippen MR) is 89.5 cm³/mol. The largest absolute Gasteiger partial charge is 0.465 e. The van der Waals surface area contributed by atoms with Crippen molar-refractivity contribution in [2.75, 3.05) is 27.4 Å². The Hall–Kier alpha value is -1.70. The highest BCUT2D eigenvalue weighted by molar-refractivity contribution is 8.26. The van der Waals surface area contributed by atoms with Gasteiger partial charge >= 0.3 is 5.97 Å². The Labute approximate surface area is 138 Å². The highest BCUT2D eigenvalue weighted by Gasteiger charge is 2.31. The van der Waals surface area contributed by atoms with Crippen molar-refractivity contribution in [2.45, 2.75) is 0 Å². The lowest BCUT2D eigenvalue weighted by molar-refractivity contribution is -0.122. The summed E-state index contributed by atoms with van der Waals surface area (Å²) in [5, 5.41) is 0. The van der Waals surface area contributed by atoms with Crippen LogP contribution in [0.25, 0.3) is 6.08 Å². The molecule has 0 unspecified atom stereocenters. The molecule has 0 atom stereocenters. The van der Waals surface area contributed by atoms with Gasteiger partial charge in [-0.05, 0) is 23.8 Å². The third-order valence-electron chi connectivity index (χ3n) is 3.02. The quantitative estimate of drug-likeness (QED) is 0.467. The van der Waals surface area contributed by atoms with Crippen LogP contribution in [0.15, 0.2) is 29.2 Å². The number of thiocarbonyl (C=S) groups is 1. The molecule has 0 radical (unpaired) electrons. The van der Waals surface area contributed by atoms with Crippen molar-refractivity contribution in [3.05, 3.63) is 40.3 Å². The Balaban J connectivity index is 2.14. The number of amides is 1. The van der Waals surface area contributed by atoms with Crippen molar-refractivity contribution < 1.29 is 19.1 Å². The van der Waals surface area contributed by atoms with Crippen LogP contribution < -0.4 is 0 Å². The standard InChI is InChI=1S/C15H15NO4S2/c1-19-8-7-16-13(17)12(22-15(16)21)9-10-3-5-11(6-4-10)14(18)20-2/h3-6,9H,7-8H2,1-2H3. The van der Waals surface area contributed by atoms with E-state index < -0.39 is 5.97 Å². The average Bonchev–Trinajstić information content (AvgIpc) is 2.79. The van der Waals surface area contributed by atoms with Crippen LogP contribution in [-0.4, -0.2) is 48.5 Å². The number of carbonyl (C=O) groups is 2. The minimum atomic E-state index is -0.391. The number of carbonyl (C=O) groups excluding carboxylic acids is 2.